The Morgan fingerprint density at radius 1 is 1.71 bits per heavy atom. The molecule has 1 heterocycles. The molecule has 1 aliphatic heterocycles. The van der Waals surface area contributed by atoms with E-state index in [1.807, 2.05) is 0 Å². The lowest BCUT2D eigenvalue weighted by Gasteiger charge is -2.17. The van der Waals surface area contributed by atoms with Crippen LogP contribution in [0.3, 0.4) is 0 Å². The molecule has 0 aromatic rings. The number of esters is 1. The van der Waals surface area contributed by atoms with Crippen LogP contribution in [0.25, 0.3) is 0 Å². The second-order valence-electron chi connectivity index (χ2n) is 2.90. The van der Waals surface area contributed by atoms with Crippen molar-refractivity contribution < 1.29 is 24.5 Å². The maximum absolute atomic E-state index is 11.2. The molecule has 1 unspecified atom stereocenters. The fourth-order valence-electron chi connectivity index (χ4n) is 1.16. The maximum atomic E-state index is 11.2. The summed E-state index contributed by atoms with van der Waals surface area (Å²) in [7, 11) is 1.28. The first-order valence-corrected chi connectivity index (χ1v) is 4.07. The van der Waals surface area contributed by atoms with Crippen molar-refractivity contribution in [3.05, 3.63) is 0 Å². The zero-order valence-electron chi connectivity index (χ0n) is 7.85. The van der Waals surface area contributed by atoms with Gasteiger partial charge in [0.05, 0.1) is 6.61 Å². The lowest BCUT2D eigenvalue weighted by Crippen LogP contribution is -2.51. The van der Waals surface area contributed by atoms with Gasteiger partial charge in [0, 0.05) is 7.05 Å². The lowest BCUT2D eigenvalue weighted by atomic mass is 10.1. The Hall–Kier alpha value is -1.18. The summed E-state index contributed by atoms with van der Waals surface area (Å²) in [5.41, 5.74) is 2.29. The van der Waals surface area contributed by atoms with E-state index in [1.165, 1.54) is 7.05 Å². The number of carbonyl (C=O) groups is 2. The minimum absolute atomic E-state index is 0.102. The average Bonchev–Trinajstić information content (AvgIpc) is 2.30. The zero-order valence-corrected chi connectivity index (χ0v) is 7.85. The summed E-state index contributed by atoms with van der Waals surface area (Å²) in [5.74, 6) is -4.60. The molecule has 1 rings (SSSR count). The van der Waals surface area contributed by atoms with Gasteiger partial charge in [-0.2, -0.15) is 0 Å². The van der Waals surface area contributed by atoms with Crippen molar-refractivity contribution in [2.24, 2.45) is 0 Å². The van der Waals surface area contributed by atoms with Crippen molar-refractivity contribution in [2.75, 3.05) is 13.7 Å². The number of nitrogens with zero attached hydrogens (tertiary/aromatic N) is 1. The number of carbonyl (C=O) groups excluding carboxylic acids is 2. The number of rotatable bonds is 2. The quantitative estimate of drug-likeness (QED) is 0.342. The van der Waals surface area contributed by atoms with Gasteiger partial charge in [0.15, 0.2) is 6.04 Å². The van der Waals surface area contributed by atoms with E-state index in [1.54, 1.807) is 6.92 Å². The highest BCUT2D eigenvalue weighted by molar-refractivity contribution is 5.94. The first kappa shape index (κ1) is 10.9. The van der Waals surface area contributed by atoms with Gasteiger partial charge in [-0.1, -0.05) is 0 Å². The van der Waals surface area contributed by atoms with Crippen molar-refractivity contribution in [3.8, 4) is 0 Å². The summed E-state index contributed by atoms with van der Waals surface area (Å²) < 4.78 is 4.56. The summed E-state index contributed by atoms with van der Waals surface area (Å²) in [6.45, 7) is 1.68. The number of aliphatic hydroxyl groups is 2. The van der Waals surface area contributed by atoms with E-state index in [9.17, 15) is 19.8 Å². The largest absolute Gasteiger partial charge is 0.465 e. The molecule has 0 aromatic heterocycles. The molecular formula is C7H12N2O5. The van der Waals surface area contributed by atoms with Crippen LogP contribution < -0.4 is 5.43 Å². The van der Waals surface area contributed by atoms with Crippen LogP contribution in [0.1, 0.15) is 6.92 Å². The van der Waals surface area contributed by atoms with Crippen LogP contribution in [-0.2, 0) is 14.3 Å². The van der Waals surface area contributed by atoms with Crippen LogP contribution in [0.15, 0.2) is 0 Å². The molecule has 0 spiro atoms. The third-order valence-electron chi connectivity index (χ3n) is 1.87. The molecular weight excluding hydrogens is 192 g/mol. The maximum Gasteiger partial charge on any atom is 0.331 e. The van der Waals surface area contributed by atoms with Crippen LogP contribution in [0.4, 0.5) is 0 Å². The van der Waals surface area contributed by atoms with Gasteiger partial charge in [0.1, 0.15) is 0 Å². The van der Waals surface area contributed by atoms with E-state index >= 15 is 0 Å². The first-order valence-electron chi connectivity index (χ1n) is 4.07. The van der Waals surface area contributed by atoms with Crippen molar-refractivity contribution >= 4 is 11.9 Å². The van der Waals surface area contributed by atoms with Crippen molar-refractivity contribution in [2.45, 2.75) is 18.8 Å². The van der Waals surface area contributed by atoms with Gasteiger partial charge >= 0.3 is 5.97 Å². The van der Waals surface area contributed by atoms with E-state index in [2.05, 4.69) is 10.2 Å². The van der Waals surface area contributed by atoms with Crippen LogP contribution in [0.5, 0.6) is 0 Å². The average molecular weight is 204 g/mol. The van der Waals surface area contributed by atoms with Gasteiger partial charge in [0.25, 0.3) is 11.7 Å². The Bertz CT molecular complexity index is 265. The number of nitrogens with one attached hydrogen (secondary N) is 1. The predicted octanol–water partition coefficient (Wildman–Crippen LogP) is -2.42. The number of hydrogen-bond donors (Lipinski definition) is 3. The van der Waals surface area contributed by atoms with E-state index in [4.69, 9.17) is 0 Å². The highest BCUT2D eigenvalue weighted by atomic mass is 16.6. The molecule has 1 saturated heterocycles. The van der Waals surface area contributed by atoms with Gasteiger partial charge in [-0.05, 0) is 6.92 Å². The third-order valence-corrected chi connectivity index (χ3v) is 1.87. The Morgan fingerprint density at radius 2 is 2.29 bits per heavy atom. The Balaban J connectivity index is 2.81. The molecule has 1 aliphatic rings. The monoisotopic (exact) mass is 204 g/mol. The fourth-order valence-corrected chi connectivity index (χ4v) is 1.16. The summed E-state index contributed by atoms with van der Waals surface area (Å²) >= 11 is 0. The third kappa shape index (κ3) is 1.57. The van der Waals surface area contributed by atoms with Crippen molar-refractivity contribution in [3.63, 3.8) is 0 Å². The standard InChI is InChI=1S/C7H12N2O5/c1-3-14-5(10)4-7(12,13)6(11)9(2)8-4/h4,8,12-13H,3H2,1-2H3. The minimum atomic E-state index is -2.74. The van der Waals surface area contributed by atoms with Gasteiger partial charge in [0.2, 0.25) is 0 Å². The van der Waals surface area contributed by atoms with Gasteiger partial charge in [-0.15, -0.1) is 0 Å². The number of hydrazine groups is 1. The van der Waals surface area contributed by atoms with Gasteiger partial charge in [-0.25, -0.2) is 5.43 Å². The molecule has 0 saturated carbocycles. The minimum Gasteiger partial charge on any atom is -0.465 e. The number of hydrogen-bond acceptors (Lipinski definition) is 6. The van der Waals surface area contributed by atoms with Crippen LogP contribution >= 0.6 is 0 Å². The Morgan fingerprint density at radius 3 is 2.64 bits per heavy atom. The first-order chi connectivity index (χ1) is 6.41. The molecule has 7 nitrogen and oxygen atoms in total. The number of amides is 1. The van der Waals surface area contributed by atoms with E-state index in [-0.39, 0.29) is 6.61 Å². The molecule has 0 aliphatic carbocycles. The normalized spacial score (nSPS) is 25.3. The number of ether oxygens (including phenoxy) is 1. The second kappa shape index (κ2) is 3.52. The van der Waals surface area contributed by atoms with E-state index in [0.29, 0.717) is 0 Å². The smallest absolute Gasteiger partial charge is 0.331 e. The summed E-state index contributed by atoms with van der Waals surface area (Å²) in [4.78, 5) is 22.3. The fraction of sp³-hybridized carbons (Fsp3) is 0.714. The van der Waals surface area contributed by atoms with Crippen molar-refractivity contribution in [1.82, 2.24) is 10.4 Å². The summed E-state index contributed by atoms with van der Waals surface area (Å²) in [6.07, 6.45) is 0. The molecule has 3 N–H and O–H groups in total. The lowest BCUT2D eigenvalue weighted by molar-refractivity contribution is -0.193. The Kier molecular flexibility index (Phi) is 2.74. The SMILES string of the molecule is CCOC(=O)C1NN(C)C(=O)C1(O)O. The molecule has 80 valence electrons. The van der Waals surface area contributed by atoms with Gasteiger partial charge < -0.3 is 14.9 Å². The predicted molar refractivity (Wildman–Crippen MR) is 43.5 cm³/mol. The highest BCUT2D eigenvalue weighted by Crippen LogP contribution is 2.18. The molecule has 0 radical (unpaired) electrons. The van der Waals surface area contributed by atoms with E-state index in [0.717, 1.165) is 5.01 Å². The second-order valence-corrected chi connectivity index (χ2v) is 2.90. The van der Waals surface area contributed by atoms with Gasteiger partial charge in [-0.3, -0.25) is 14.6 Å². The molecule has 7 heteroatoms. The van der Waals surface area contributed by atoms with Crippen LogP contribution in [-0.4, -0.2) is 52.6 Å². The molecule has 0 aromatic carbocycles. The summed E-state index contributed by atoms with van der Waals surface area (Å²) in [6, 6.07) is -1.47. The van der Waals surface area contributed by atoms with Crippen molar-refractivity contribution in [1.29, 1.82) is 0 Å². The highest BCUT2D eigenvalue weighted by Gasteiger charge is 2.55. The molecule has 0 bridgehead atoms. The van der Waals surface area contributed by atoms with Crippen LogP contribution in [0.2, 0.25) is 0 Å². The van der Waals surface area contributed by atoms with Crippen LogP contribution in [0, 0.1) is 0 Å². The van der Waals surface area contributed by atoms with E-state index < -0.39 is 23.7 Å². The molecule has 1 fully saturated rings. The summed E-state index contributed by atoms with van der Waals surface area (Å²) in [5, 5.41) is 19.4. The molecule has 1 atom stereocenters. The number of likely N-dealkylation sites (N-methyl/N-ethyl adjacent to an activating group) is 1. The topological polar surface area (TPSA) is 99.1 Å². The Labute approximate surface area is 80.2 Å². The molecule has 1 amide bonds. The zero-order chi connectivity index (χ0) is 10.9. The molecule has 14 heavy (non-hydrogen) atoms.